The van der Waals surface area contributed by atoms with E-state index in [0.29, 0.717) is 39.3 Å². The molecule has 0 N–H and O–H groups in total. The number of aromatic nitrogens is 1. The van der Waals surface area contributed by atoms with Crippen molar-refractivity contribution < 1.29 is 23.9 Å². The highest BCUT2D eigenvalue weighted by Gasteiger charge is 2.49. The van der Waals surface area contributed by atoms with Crippen molar-refractivity contribution >= 4 is 40.2 Å². The van der Waals surface area contributed by atoms with E-state index in [9.17, 15) is 19.2 Å². The van der Waals surface area contributed by atoms with Crippen LogP contribution in [-0.2, 0) is 14.3 Å². The molecule has 218 valence electrons. The molecule has 7 nitrogen and oxygen atoms in total. The summed E-state index contributed by atoms with van der Waals surface area (Å²) in [5.41, 5.74) is 6.26. The molecule has 3 aromatic carbocycles. The van der Waals surface area contributed by atoms with Crippen molar-refractivity contribution in [1.29, 1.82) is 0 Å². The van der Waals surface area contributed by atoms with Gasteiger partial charge < -0.3 is 4.74 Å². The molecule has 1 aliphatic heterocycles. The van der Waals surface area contributed by atoms with Gasteiger partial charge in [-0.1, -0.05) is 42.8 Å². The van der Waals surface area contributed by atoms with E-state index in [1.807, 2.05) is 45.0 Å². The van der Waals surface area contributed by atoms with E-state index in [-0.39, 0.29) is 36.0 Å². The first-order valence-electron chi connectivity index (χ1n) is 14.8. The van der Waals surface area contributed by atoms with Crippen LogP contribution in [0.3, 0.4) is 0 Å². The van der Waals surface area contributed by atoms with Crippen molar-refractivity contribution in [2.24, 2.45) is 17.8 Å². The van der Waals surface area contributed by atoms with Gasteiger partial charge in [-0.3, -0.25) is 19.3 Å². The second kappa shape index (κ2) is 11.2. The maximum Gasteiger partial charge on any atom is 0.339 e. The second-order valence-corrected chi connectivity index (χ2v) is 12.1. The van der Waals surface area contributed by atoms with E-state index in [4.69, 9.17) is 9.72 Å². The van der Waals surface area contributed by atoms with Crippen molar-refractivity contribution in [2.45, 2.75) is 47.0 Å². The molecule has 3 unspecified atom stereocenters. The average molecular weight is 575 g/mol. The van der Waals surface area contributed by atoms with Gasteiger partial charge in [0.1, 0.15) is 0 Å². The summed E-state index contributed by atoms with van der Waals surface area (Å²) in [6.07, 6.45) is 2.46. The third kappa shape index (κ3) is 5.36. The first-order valence-corrected chi connectivity index (χ1v) is 14.8. The number of ketones is 1. The molecule has 3 atom stereocenters. The molecule has 2 aliphatic rings. The predicted octanol–water partition coefficient (Wildman–Crippen LogP) is 6.79. The number of aryl methyl sites for hydroxylation is 3. The molecule has 2 fully saturated rings. The number of nitrogens with zero attached hydrogens (tertiary/aromatic N) is 2. The molecule has 0 bridgehead atoms. The number of carbonyl (C=O) groups is 4. The molecule has 6 rings (SSSR count). The molecule has 1 aliphatic carbocycles. The smallest absolute Gasteiger partial charge is 0.339 e. The van der Waals surface area contributed by atoms with Gasteiger partial charge in [0.2, 0.25) is 11.8 Å². The number of benzene rings is 3. The van der Waals surface area contributed by atoms with Crippen LogP contribution in [-0.4, -0.2) is 35.2 Å². The topological polar surface area (TPSA) is 93.6 Å². The minimum Gasteiger partial charge on any atom is -0.454 e. The van der Waals surface area contributed by atoms with Gasteiger partial charge in [0.25, 0.3) is 0 Å². The fraction of sp³-hybridized carbons (Fsp3) is 0.306. The minimum absolute atomic E-state index is 0.116. The number of carbonyl (C=O) groups excluding carboxylic acids is 4. The Balaban J connectivity index is 1.27. The lowest BCUT2D eigenvalue weighted by Gasteiger charge is -2.25. The number of rotatable bonds is 6. The molecule has 1 saturated carbocycles. The van der Waals surface area contributed by atoms with Crippen molar-refractivity contribution in [3.63, 3.8) is 0 Å². The lowest BCUT2D eigenvalue weighted by atomic mass is 9.76. The SMILES string of the molecule is Cc1ccc2nc(-c3ccc(N4C(=O)C5CCC(C)CC5C4=O)cc3)cc(C(=O)OCC(=O)c3ccc(C)c(C)c3)c2c1. The molecule has 4 aromatic rings. The molecule has 7 heteroatoms. The second-order valence-electron chi connectivity index (χ2n) is 12.1. The Morgan fingerprint density at radius 1 is 0.860 bits per heavy atom. The lowest BCUT2D eigenvalue weighted by molar-refractivity contribution is -0.122. The Kier molecular flexibility index (Phi) is 7.42. The van der Waals surface area contributed by atoms with Crippen LogP contribution < -0.4 is 4.90 Å². The normalized spacial score (nSPS) is 19.9. The van der Waals surface area contributed by atoms with E-state index in [1.165, 1.54) is 4.90 Å². The Labute approximate surface area is 250 Å². The lowest BCUT2D eigenvalue weighted by Crippen LogP contribution is -2.30. The summed E-state index contributed by atoms with van der Waals surface area (Å²) < 4.78 is 5.52. The van der Waals surface area contributed by atoms with E-state index >= 15 is 0 Å². The maximum atomic E-state index is 13.4. The van der Waals surface area contributed by atoms with Crippen molar-refractivity contribution in [3.05, 3.63) is 94.5 Å². The molecular weight excluding hydrogens is 540 g/mol. The maximum absolute atomic E-state index is 13.4. The Morgan fingerprint density at radius 2 is 1.60 bits per heavy atom. The number of hydrogen-bond donors (Lipinski definition) is 0. The summed E-state index contributed by atoms with van der Waals surface area (Å²) in [6, 6.07) is 19.9. The number of imide groups is 1. The predicted molar refractivity (Wildman–Crippen MR) is 165 cm³/mol. The first-order chi connectivity index (χ1) is 20.6. The largest absolute Gasteiger partial charge is 0.454 e. The van der Waals surface area contributed by atoms with E-state index in [0.717, 1.165) is 41.5 Å². The number of ether oxygens (including phenoxy) is 1. The Hall–Kier alpha value is -4.65. The third-order valence-electron chi connectivity index (χ3n) is 8.96. The van der Waals surface area contributed by atoms with E-state index in [1.54, 1.807) is 42.5 Å². The first kappa shape index (κ1) is 28.5. The zero-order valence-electron chi connectivity index (χ0n) is 24.8. The zero-order valence-corrected chi connectivity index (χ0v) is 24.8. The van der Waals surface area contributed by atoms with Crippen molar-refractivity contribution in [3.8, 4) is 11.3 Å². The van der Waals surface area contributed by atoms with Crippen LogP contribution in [0.25, 0.3) is 22.2 Å². The molecule has 2 amide bonds. The average Bonchev–Trinajstić information content (AvgIpc) is 3.25. The summed E-state index contributed by atoms with van der Waals surface area (Å²) in [5.74, 6) is -1.15. The number of fused-ring (bicyclic) bond motifs is 2. The van der Waals surface area contributed by atoms with Crippen LogP contribution in [0, 0.1) is 38.5 Å². The number of pyridine rings is 1. The van der Waals surface area contributed by atoms with Crippen LogP contribution in [0.5, 0.6) is 0 Å². The van der Waals surface area contributed by atoms with Gasteiger partial charge in [-0.25, -0.2) is 9.78 Å². The fourth-order valence-electron chi connectivity index (χ4n) is 6.29. The van der Waals surface area contributed by atoms with Gasteiger partial charge in [-0.05, 0) is 93.5 Å². The summed E-state index contributed by atoms with van der Waals surface area (Å²) in [4.78, 5) is 58.6. The molecule has 1 aromatic heterocycles. The highest BCUT2D eigenvalue weighted by atomic mass is 16.5. The van der Waals surface area contributed by atoms with Crippen LogP contribution >= 0.6 is 0 Å². The summed E-state index contributed by atoms with van der Waals surface area (Å²) in [6.45, 7) is 7.60. The highest BCUT2D eigenvalue weighted by Crippen LogP contribution is 2.42. The van der Waals surface area contributed by atoms with Gasteiger partial charge in [0.05, 0.1) is 34.3 Å². The number of hydrogen-bond acceptors (Lipinski definition) is 6. The van der Waals surface area contributed by atoms with E-state index in [2.05, 4.69) is 6.92 Å². The van der Waals surface area contributed by atoms with Crippen molar-refractivity contribution in [1.82, 2.24) is 4.98 Å². The number of amides is 2. The summed E-state index contributed by atoms with van der Waals surface area (Å²) in [7, 11) is 0. The van der Waals surface area contributed by atoms with Crippen molar-refractivity contribution in [2.75, 3.05) is 11.5 Å². The van der Waals surface area contributed by atoms with E-state index < -0.39 is 5.97 Å². The Morgan fingerprint density at radius 3 is 2.35 bits per heavy atom. The molecule has 0 radical (unpaired) electrons. The zero-order chi connectivity index (χ0) is 30.4. The summed E-state index contributed by atoms with van der Waals surface area (Å²) in [5, 5.41) is 0.633. The van der Waals surface area contributed by atoms with Gasteiger partial charge in [0, 0.05) is 16.5 Å². The Bertz CT molecular complexity index is 1790. The summed E-state index contributed by atoms with van der Waals surface area (Å²) >= 11 is 0. The monoisotopic (exact) mass is 574 g/mol. The molecular formula is C36H34N2O5. The standard InChI is InChI=1S/C36H34N2O5/c1-20-5-13-27-29(16-20)35(41)38(34(27)40)26-11-9-24(10-12-26)32-18-30(28-15-21(2)6-14-31(28)37-32)36(42)43-19-33(39)25-8-7-22(3)23(4)17-25/h6-12,14-15,17-18,20,27,29H,5,13,16,19H2,1-4H3. The fourth-order valence-corrected chi connectivity index (χ4v) is 6.29. The quantitative estimate of drug-likeness (QED) is 0.143. The third-order valence-corrected chi connectivity index (χ3v) is 8.96. The van der Waals surface area contributed by atoms with Crippen LogP contribution in [0.15, 0.2) is 66.7 Å². The number of esters is 1. The highest BCUT2D eigenvalue weighted by molar-refractivity contribution is 6.22. The van der Waals surface area contributed by atoms with Gasteiger partial charge in [-0.15, -0.1) is 0 Å². The molecule has 1 saturated heterocycles. The minimum atomic E-state index is -0.613. The van der Waals surface area contributed by atoms with Crippen LogP contribution in [0.4, 0.5) is 5.69 Å². The molecule has 2 heterocycles. The van der Waals surface area contributed by atoms with Crippen LogP contribution in [0.2, 0.25) is 0 Å². The number of Topliss-reactive ketones (excluding diaryl/α,β-unsaturated/α-hetero) is 1. The molecule has 43 heavy (non-hydrogen) atoms. The van der Waals surface area contributed by atoms with Gasteiger partial charge >= 0.3 is 5.97 Å². The number of anilines is 1. The van der Waals surface area contributed by atoms with Crippen LogP contribution in [0.1, 0.15) is 63.6 Å². The van der Waals surface area contributed by atoms with Gasteiger partial charge in [-0.2, -0.15) is 0 Å². The van der Waals surface area contributed by atoms with Gasteiger partial charge in [0.15, 0.2) is 12.4 Å². The molecule has 0 spiro atoms.